The number of amides is 1. The van der Waals surface area contributed by atoms with Crippen LogP contribution in [0.15, 0.2) is 30.3 Å². The number of nitriles is 1. The summed E-state index contributed by atoms with van der Waals surface area (Å²) in [6.07, 6.45) is -4.39. The van der Waals surface area contributed by atoms with E-state index in [0.717, 1.165) is 0 Å². The molecule has 0 saturated carbocycles. The first-order valence-electron chi connectivity index (χ1n) is 7.73. The monoisotopic (exact) mass is 339 g/mol. The highest BCUT2D eigenvalue weighted by molar-refractivity contribution is 5.84. The van der Waals surface area contributed by atoms with Crippen LogP contribution in [0.3, 0.4) is 0 Å². The molecular weight excluding hydrogens is 319 g/mol. The normalized spacial score (nSPS) is 18.1. The summed E-state index contributed by atoms with van der Waals surface area (Å²) in [5, 5.41) is 9.03. The molecule has 1 fully saturated rings. The summed E-state index contributed by atoms with van der Waals surface area (Å²) in [7, 11) is 0. The van der Waals surface area contributed by atoms with Gasteiger partial charge in [-0.2, -0.15) is 18.4 Å². The molecule has 1 aliphatic heterocycles. The summed E-state index contributed by atoms with van der Waals surface area (Å²) in [5.41, 5.74) is -0.965. The van der Waals surface area contributed by atoms with E-state index in [4.69, 9.17) is 5.26 Å². The molecule has 0 radical (unpaired) electrons. The number of carbonyl (C=O) groups is 1. The van der Waals surface area contributed by atoms with Crippen LogP contribution in [0.5, 0.6) is 0 Å². The number of halogens is 3. The van der Waals surface area contributed by atoms with Gasteiger partial charge in [-0.15, -0.1) is 0 Å². The number of benzene rings is 1. The highest BCUT2D eigenvalue weighted by atomic mass is 19.4. The van der Waals surface area contributed by atoms with Gasteiger partial charge in [0.1, 0.15) is 11.5 Å². The fourth-order valence-electron chi connectivity index (χ4n) is 2.87. The number of nitrogens with zero attached hydrogens (tertiary/aromatic N) is 3. The Morgan fingerprint density at radius 2 is 1.67 bits per heavy atom. The van der Waals surface area contributed by atoms with E-state index >= 15 is 0 Å². The predicted octanol–water partition coefficient (Wildman–Crippen LogP) is 2.98. The van der Waals surface area contributed by atoms with Crippen LogP contribution < -0.4 is 0 Å². The third kappa shape index (κ3) is 3.88. The summed E-state index contributed by atoms with van der Waals surface area (Å²) in [5.74, 6) is -0.340. The lowest BCUT2D eigenvalue weighted by Crippen LogP contribution is -2.54. The maximum Gasteiger partial charge on any atom is 0.408 e. The van der Waals surface area contributed by atoms with Crippen molar-refractivity contribution in [2.45, 2.75) is 26.1 Å². The van der Waals surface area contributed by atoms with E-state index < -0.39 is 17.6 Å². The average Bonchev–Trinajstić information content (AvgIpc) is 2.54. The minimum Gasteiger partial charge on any atom is -0.339 e. The van der Waals surface area contributed by atoms with E-state index in [2.05, 4.69) is 0 Å². The van der Waals surface area contributed by atoms with Gasteiger partial charge in [-0.1, -0.05) is 30.3 Å². The van der Waals surface area contributed by atoms with E-state index in [0.29, 0.717) is 0 Å². The predicted molar refractivity (Wildman–Crippen MR) is 82.8 cm³/mol. The van der Waals surface area contributed by atoms with E-state index in [9.17, 15) is 18.0 Å². The minimum absolute atomic E-state index is 0.117. The number of carbonyl (C=O) groups excluding carboxylic acids is 1. The van der Waals surface area contributed by atoms with Crippen molar-refractivity contribution in [3.63, 3.8) is 0 Å². The van der Waals surface area contributed by atoms with Gasteiger partial charge < -0.3 is 4.90 Å². The summed E-state index contributed by atoms with van der Waals surface area (Å²) >= 11 is 0. The number of hydrogen-bond donors (Lipinski definition) is 0. The molecule has 0 aromatic heterocycles. The Balaban J connectivity index is 2.12. The van der Waals surface area contributed by atoms with Gasteiger partial charge >= 0.3 is 6.18 Å². The molecule has 24 heavy (non-hydrogen) atoms. The van der Waals surface area contributed by atoms with Crippen LogP contribution in [0, 0.1) is 16.7 Å². The Morgan fingerprint density at radius 1 is 1.12 bits per heavy atom. The zero-order valence-electron chi connectivity index (χ0n) is 13.7. The van der Waals surface area contributed by atoms with Crippen LogP contribution in [-0.2, 0) is 4.79 Å². The van der Waals surface area contributed by atoms with Crippen molar-refractivity contribution in [1.29, 1.82) is 5.26 Å². The molecule has 4 nitrogen and oxygen atoms in total. The molecule has 0 N–H and O–H groups in total. The van der Waals surface area contributed by atoms with Crippen molar-refractivity contribution in [3.05, 3.63) is 35.9 Å². The lowest BCUT2D eigenvalue weighted by Gasteiger charge is -2.41. The smallest absolute Gasteiger partial charge is 0.339 e. The number of rotatable bonds is 3. The van der Waals surface area contributed by atoms with Crippen molar-refractivity contribution in [1.82, 2.24) is 9.80 Å². The molecule has 0 bridgehead atoms. The Kier molecular flexibility index (Phi) is 5.19. The Labute approximate surface area is 139 Å². The quantitative estimate of drug-likeness (QED) is 0.851. The van der Waals surface area contributed by atoms with Crippen molar-refractivity contribution in [3.8, 4) is 6.07 Å². The summed E-state index contributed by atoms with van der Waals surface area (Å²) < 4.78 is 40.6. The fourth-order valence-corrected chi connectivity index (χ4v) is 2.87. The van der Waals surface area contributed by atoms with E-state index in [-0.39, 0.29) is 37.6 Å². The minimum atomic E-state index is -4.39. The lowest BCUT2D eigenvalue weighted by molar-refractivity contribution is -0.191. The molecule has 1 aromatic carbocycles. The first kappa shape index (κ1) is 18.3. The molecule has 0 spiro atoms. The molecule has 1 aliphatic rings. The largest absolute Gasteiger partial charge is 0.408 e. The molecule has 1 heterocycles. The molecule has 0 unspecified atom stereocenters. The van der Waals surface area contributed by atoms with Crippen LogP contribution >= 0.6 is 0 Å². The van der Waals surface area contributed by atoms with Crippen molar-refractivity contribution < 1.29 is 18.0 Å². The first-order chi connectivity index (χ1) is 11.2. The topological polar surface area (TPSA) is 47.3 Å². The molecule has 0 aliphatic carbocycles. The standard InChI is InChI=1S/C17H20F3N3O/c1-16(2,12-21)15(24)23-10-8-22(9-11-23)14(17(18,19)20)13-6-4-3-5-7-13/h3-7,14H,8-11H2,1-2H3/t14-/m1/s1. The van der Waals surface area contributed by atoms with Gasteiger partial charge in [-0.3, -0.25) is 9.69 Å². The van der Waals surface area contributed by atoms with E-state index in [1.807, 2.05) is 6.07 Å². The van der Waals surface area contributed by atoms with Crippen LogP contribution in [0.25, 0.3) is 0 Å². The van der Waals surface area contributed by atoms with Crippen LogP contribution in [-0.4, -0.2) is 48.1 Å². The highest BCUT2D eigenvalue weighted by Crippen LogP contribution is 2.38. The van der Waals surface area contributed by atoms with Crippen molar-refractivity contribution in [2.75, 3.05) is 26.2 Å². The molecule has 130 valence electrons. The van der Waals surface area contributed by atoms with E-state index in [1.165, 1.54) is 35.8 Å². The summed E-state index contributed by atoms with van der Waals surface area (Å²) in [4.78, 5) is 15.1. The third-order valence-corrected chi connectivity index (χ3v) is 4.21. The second-order valence-electron chi connectivity index (χ2n) is 6.42. The maximum absolute atomic E-state index is 13.5. The van der Waals surface area contributed by atoms with Gasteiger partial charge in [-0.05, 0) is 19.4 Å². The molecule has 7 heteroatoms. The highest BCUT2D eigenvalue weighted by Gasteiger charge is 2.46. The molecule has 1 aromatic rings. The van der Waals surface area contributed by atoms with Crippen LogP contribution in [0.2, 0.25) is 0 Å². The zero-order chi connectivity index (χ0) is 18.0. The third-order valence-electron chi connectivity index (χ3n) is 4.21. The molecule has 1 saturated heterocycles. The van der Waals surface area contributed by atoms with Gasteiger partial charge in [0.05, 0.1) is 6.07 Å². The average molecular weight is 339 g/mol. The molecular formula is C17H20F3N3O. The van der Waals surface area contributed by atoms with Gasteiger partial charge in [0.15, 0.2) is 0 Å². The number of hydrogen-bond acceptors (Lipinski definition) is 3. The summed E-state index contributed by atoms with van der Waals surface area (Å²) in [6.45, 7) is 3.64. The second-order valence-corrected chi connectivity index (χ2v) is 6.42. The summed E-state index contributed by atoms with van der Waals surface area (Å²) in [6, 6.07) is 8.04. The number of alkyl halides is 3. The van der Waals surface area contributed by atoms with Crippen LogP contribution in [0.4, 0.5) is 13.2 Å². The second kappa shape index (κ2) is 6.81. The van der Waals surface area contributed by atoms with Gasteiger partial charge in [0.25, 0.3) is 0 Å². The number of piperazine rings is 1. The SMILES string of the molecule is CC(C)(C#N)C(=O)N1CCN([C@H](c2ccccc2)C(F)(F)F)CC1. The zero-order valence-corrected chi connectivity index (χ0v) is 13.7. The Bertz CT molecular complexity index is 614. The Morgan fingerprint density at radius 3 is 2.12 bits per heavy atom. The van der Waals surface area contributed by atoms with E-state index in [1.54, 1.807) is 18.2 Å². The fraction of sp³-hybridized carbons (Fsp3) is 0.529. The van der Waals surface area contributed by atoms with Crippen LogP contribution in [0.1, 0.15) is 25.5 Å². The van der Waals surface area contributed by atoms with Gasteiger partial charge in [-0.25, -0.2) is 0 Å². The van der Waals surface area contributed by atoms with Crippen molar-refractivity contribution in [2.24, 2.45) is 5.41 Å². The lowest BCUT2D eigenvalue weighted by atomic mass is 9.93. The molecule has 1 amide bonds. The maximum atomic E-state index is 13.5. The Hall–Kier alpha value is -2.07. The molecule has 2 rings (SSSR count). The first-order valence-corrected chi connectivity index (χ1v) is 7.73. The molecule has 1 atom stereocenters. The van der Waals surface area contributed by atoms with Gasteiger partial charge in [0, 0.05) is 26.2 Å². The van der Waals surface area contributed by atoms with Gasteiger partial charge in [0.2, 0.25) is 5.91 Å². The van der Waals surface area contributed by atoms with Crippen molar-refractivity contribution >= 4 is 5.91 Å².